The maximum Gasteiger partial charge on any atom is 0.311 e. The minimum Gasteiger partial charge on any atom is -0.466 e. The van der Waals surface area contributed by atoms with Gasteiger partial charge in [-0.25, -0.2) is 0 Å². The molecule has 0 heterocycles. The Morgan fingerprint density at radius 2 is 1.48 bits per heavy atom. The van der Waals surface area contributed by atoms with Crippen LogP contribution in [0.1, 0.15) is 75.8 Å². The van der Waals surface area contributed by atoms with Crippen LogP contribution in [0.15, 0.2) is 18.2 Å². The van der Waals surface area contributed by atoms with E-state index in [4.69, 9.17) is 9.47 Å². The van der Waals surface area contributed by atoms with Crippen molar-refractivity contribution >= 4 is 11.9 Å². The zero-order chi connectivity index (χ0) is 18.5. The Morgan fingerprint density at radius 3 is 2.16 bits per heavy atom. The maximum atomic E-state index is 11.8. The molecular formula is C21H32O4. The highest BCUT2D eigenvalue weighted by atomic mass is 16.5. The molecule has 0 bridgehead atoms. The molecule has 0 amide bonds. The number of esters is 2. The standard InChI is InChI=1S/C21H32O4/c1-4-5-6-7-8-9-10-15-24-20(22)13-14-21(23)25-19-12-11-17(2)18(3)16-19/h11-12,16H,4-10,13-15H2,1-3H3. The molecular weight excluding hydrogens is 316 g/mol. The van der Waals surface area contributed by atoms with Gasteiger partial charge in [0.25, 0.3) is 0 Å². The number of rotatable bonds is 12. The average molecular weight is 348 g/mol. The van der Waals surface area contributed by atoms with Crippen LogP contribution in [0.25, 0.3) is 0 Å². The minimum absolute atomic E-state index is 0.0444. The van der Waals surface area contributed by atoms with Gasteiger partial charge in [-0.15, -0.1) is 0 Å². The Bertz CT molecular complexity index is 537. The zero-order valence-electron chi connectivity index (χ0n) is 15.9. The van der Waals surface area contributed by atoms with Crippen molar-refractivity contribution in [3.05, 3.63) is 29.3 Å². The molecule has 0 saturated heterocycles. The SMILES string of the molecule is CCCCCCCCCOC(=O)CCC(=O)Oc1ccc(C)c(C)c1. The quantitative estimate of drug-likeness (QED) is 0.293. The molecule has 4 nitrogen and oxygen atoms in total. The highest BCUT2D eigenvalue weighted by Gasteiger charge is 2.10. The third-order valence-electron chi connectivity index (χ3n) is 4.25. The molecule has 0 aliphatic rings. The van der Waals surface area contributed by atoms with E-state index < -0.39 is 5.97 Å². The molecule has 0 aliphatic carbocycles. The van der Waals surface area contributed by atoms with Gasteiger partial charge in [-0.1, -0.05) is 51.5 Å². The first-order valence-electron chi connectivity index (χ1n) is 9.46. The van der Waals surface area contributed by atoms with Crippen LogP contribution in [0.4, 0.5) is 0 Å². The molecule has 0 spiro atoms. The fourth-order valence-corrected chi connectivity index (χ4v) is 2.48. The summed E-state index contributed by atoms with van der Waals surface area (Å²) in [6, 6.07) is 5.50. The predicted molar refractivity (Wildman–Crippen MR) is 99.7 cm³/mol. The smallest absolute Gasteiger partial charge is 0.311 e. The van der Waals surface area contributed by atoms with E-state index in [0.29, 0.717) is 12.4 Å². The number of benzene rings is 1. The summed E-state index contributed by atoms with van der Waals surface area (Å²) < 4.78 is 10.4. The van der Waals surface area contributed by atoms with Crippen molar-refractivity contribution in [2.45, 2.75) is 78.6 Å². The number of unbranched alkanes of at least 4 members (excludes halogenated alkanes) is 6. The van der Waals surface area contributed by atoms with Gasteiger partial charge >= 0.3 is 11.9 Å². The van der Waals surface area contributed by atoms with Crippen LogP contribution in [0, 0.1) is 13.8 Å². The van der Waals surface area contributed by atoms with Gasteiger partial charge in [0.05, 0.1) is 19.4 Å². The third-order valence-corrected chi connectivity index (χ3v) is 4.25. The monoisotopic (exact) mass is 348 g/mol. The summed E-state index contributed by atoms with van der Waals surface area (Å²) in [5.41, 5.74) is 2.22. The second-order valence-electron chi connectivity index (χ2n) is 6.56. The summed E-state index contributed by atoms with van der Waals surface area (Å²) in [4.78, 5) is 23.4. The lowest BCUT2D eigenvalue weighted by atomic mass is 10.1. The Labute approximate surface area is 151 Å². The highest BCUT2D eigenvalue weighted by Crippen LogP contribution is 2.17. The van der Waals surface area contributed by atoms with Gasteiger partial charge in [0.1, 0.15) is 5.75 Å². The molecule has 140 valence electrons. The van der Waals surface area contributed by atoms with Gasteiger partial charge in [-0.2, -0.15) is 0 Å². The number of hydrogen-bond acceptors (Lipinski definition) is 4. The molecule has 0 saturated carbocycles. The Balaban J connectivity index is 2.09. The fraction of sp³-hybridized carbons (Fsp3) is 0.619. The normalized spacial score (nSPS) is 10.5. The van der Waals surface area contributed by atoms with E-state index in [1.54, 1.807) is 6.07 Å². The number of ether oxygens (including phenoxy) is 2. The third kappa shape index (κ3) is 9.90. The van der Waals surface area contributed by atoms with E-state index in [1.165, 1.54) is 32.1 Å². The fourth-order valence-electron chi connectivity index (χ4n) is 2.48. The van der Waals surface area contributed by atoms with Gasteiger partial charge < -0.3 is 9.47 Å². The van der Waals surface area contributed by atoms with Crippen LogP contribution >= 0.6 is 0 Å². The summed E-state index contributed by atoms with van der Waals surface area (Å²) in [5.74, 6) is -0.219. The van der Waals surface area contributed by atoms with Gasteiger partial charge in [0.2, 0.25) is 0 Å². The van der Waals surface area contributed by atoms with Gasteiger partial charge in [0, 0.05) is 0 Å². The van der Waals surface area contributed by atoms with Crippen LogP contribution in [0.2, 0.25) is 0 Å². The molecule has 0 atom stereocenters. The topological polar surface area (TPSA) is 52.6 Å². The van der Waals surface area contributed by atoms with Crippen LogP contribution in [-0.4, -0.2) is 18.5 Å². The number of carbonyl (C=O) groups is 2. The van der Waals surface area contributed by atoms with Crippen molar-refractivity contribution in [2.75, 3.05) is 6.61 Å². The van der Waals surface area contributed by atoms with Crippen molar-refractivity contribution in [1.82, 2.24) is 0 Å². The number of carbonyl (C=O) groups excluding carboxylic acids is 2. The molecule has 1 aromatic carbocycles. The summed E-state index contributed by atoms with van der Waals surface area (Å²) in [5, 5.41) is 0. The second kappa shape index (κ2) is 12.5. The van der Waals surface area contributed by atoms with Gasteiger partial charge in [-0.05, 0) is 43.5 Å². The van der Waals surface area contributed by atoms with Crippen molar-refractivity contribution in [2.24, 2.45) is 0 Å². The first-order valence-corrected chi connectivity index (χ1v) is 9.46. The van der Waals surface area contributed by atoms with Crippen LogP contribution < -0.4 is 4.74 Å². The maximum absolute atomic E-state index is 11.8. The van der Waals surface area contributed by atoms with Crippen molar-refractivity contribution in [1.29, 1.82) is 0 Å². The molecule has 0 aliphatic heterocycles. The largest absolute Gasteiger partial charge is 0.466 e. The van der Waals surface area contributed by atoms with Gasteiger partial charge in [0.15, 0.2) is 0 Å². The molecule has 1 rings (SSSR count). The molecule has 0 radical (unpaired) electrons. The summed E-state index contributed by atoms with van der Waals surface area (Å²) in [7, 11) is 0. The molecule has 4 heteroatoms. The lowest BCUT2D eigenvalue weighted by Gasteiger charge is -2.07. The number of hydrogen-bond donors (Lipinski definition) is 0. The Kier molecular flexibility index (Phi) is 10.6. The molecule has 0 fully saturated rings. The summed E-state index contributed by atoms with van der Waals surface area (Å²) >= 11 is 0. The lowest BCUT2D eigenvalue weighted by molar-refractivity contribution is -0.147. The van der Waals surface area contributed by atoms with E-state index in [-0.39, 0.29) is 18.8 Å². The molecule has 0 unspecified atom stereocenters. The van der Waals surface area contributed by atoms with Crippen LogP contribution in [0.5, 0.6) is 5.75 Å². The average Bonchev–Trinajstić information content (AvgIpc) is 2.58. The zero-order valence-corrected chi connectivity index (χ0v) is 15.9. The van der Waals surface area contributed by atoms with Gasteiger partial charge in [-0.3, -0.25) is 9.59 Å². The molecule has 1 aromatic rings. The predicted octanol–water partition coefficient (Wildman–Crippen LogP) is 5.28. The molecule has 0 aromatic heterocycles. The Hall–Kier alpha value is -1.84. The first kappa shape index (κ1) is 21.2. The second-order valence-corrected chi connectivity index (χ2v) is 6.56. The highest BCUT2D eigenvalue weighted by molar-refractivity contribution is 5.79. The van der Waals surface area contributed by atoms with E-state index in [0.717, 1.165) is 24.0 Å². The first-order chi connectivity index (χ1) is 12.0. The van der Waals surface area contributed by atoms with E-state index in [1.807, 2.05) is 26.0 Å². The van der Waals surface area contributed by atoms with E-state index >= 15 is 0 Å². The molecule has 25 heavy (non-hydrogen) atoms. The lowest BCUT2D eigenvalue weighted by Crippen LogP contribution is -2.13. The van der Waals surface area contributed by atoms with E-state index in [2.05, 4.69) is 6.92 Å². The van der Waals surface area contributed by atoms with Crippen molar-refractivity contribution in [3.8, 4) is 5.75 Å². The minimum atomic E-state index is -0.406. The molecule has 0 N–H and O–H groups in total. The summed E-state index contributed by atoms with van der Waals surface area (Å²) in [6.07, 6.45) is 8.39. The van der Waals surface area contributed by atoms with Crippen molar-refractivity contribution < 1.29 is 19.1 Å². The number of aryl methyl sites for hydroxylation is 2. The summed E-state index contributed by atoms with van der Waals surface area (Å²) in [6.45, 7) is 6.62. The van der Waals surface area contributed by atoms with Crippen molar-refractivity contribution in [3.63, 3.8) is 0 Å². The Morgan fingerprint density at radius 1 is 0.840 bits per heavy atom. The van der Waals surface area contributed by atoms with Crippen LogP contribution in [-0.2, 0) is 14.3 Å². The van der Waals surface area contributed by atoms with Crippen LogP contribution in [0.3, 0.4) is 0 Å². The van der Waals surface area contributed by atoms with E-state index in [9.17, 15) is 9.59 Å².